The fourth-order valence-corrected chi connectivity index (χ4v) is 11.0. The number of hydrogen-bond donors (Lipinski definition) is 2. The van der Waals surface area contributed by atoms with Gasteiger partial charge in [0.15, 0.2) is 5.78 Å². The van der Waals surface area contributed by atoms with Crippen molar-refractivity contribution in [3.8, 4) is 11.5 Å². The third-order valence-electron chi connectivity index (χ3n) is 14.8. The molecule has 5 aliphatic rings. The molecular formula is C49H57N7O4. The van der Waals surface area contributed by atoms with Crippen LogP contribution in [0.5, 0.6) is 11.5 Å². The van der Waals surface area contributed by atoms with Crippen molar-refractivity contribution in [3.63, 3.8) is 0 Å². The van der Waals surface area contributed by atoms with Gasteiger partial charge in [0.1, 0.15) is 17.1 Å². The molecule has 5 aromatic rings. The molecule has 5 fully saturated rings. The van der Waals surface area contributed by atoms with Crippen LogP contribution in [0.3, 0.4) is 0 Å². The van der Waals surface area contributed by atoms with E-state index in [4.69, 9.17) is 4.74 Å². The molecule has 1 spiro atoms. The van der Waals surface area contributed by atoms with Crippen LogP contribution in [-0.2, 0) is 0 Å². The number of fused-ring (bicyclic) bond motifs is 1. The van der Waals surface area contributed by atoms with Gasteiger partial charge in [-0.2, -0.15) is 0 Å². The van der Waals surface area contributed by atoms with Crippen LogP contribution >= 0.6 is 0 Å². The number of carbonyl (C=O) groups is 1. The first kappa shape index (κ1) is 38.9. The molecule has 0 unspecified atom stereocenters. The fourth-order valence-electron chi connectivity index (χ4n) is 11.0. The molecule has 3 aliphatic carbocycles. The molecule has 312 valence electrons. The molecule has 60 heavy (non-hydrogen) atoms. The van der Waals surface area contributed by atoms with E-state index in [0.29, 0.717) is 52.4 Å². The third kappa shape index (κ3) is 7.77. The van der Waals surface area contributed by atoms with Crippen molar-refractivity contribution < 1.29 is 14.5 Å². The number of pyridine rings is 2. The molecule has 2 aromatic carbocycles. The Morgan fingerprint density at radius 1 is 0.917 bits per heavy atom. The second-order valence-electron chi connectivity index (χ2n) is 19.4. The van der Waals surface area contributed by atoms with Crippen molar-refractivity contribution in [2.75, 3.05) is 36.4 Å². The van der Waals surface area contributed by atoms with Gasteiger partial charge in [0, 0.05) is 72.9 Å². The highest BCUT2D eigenvalue weighted by Crippen LogP contribution is 2.55. The van der Waals surface area contributed by atoms with Gasteiger partial charge in [0.05, 0.1) is 16.7 Å². The number of piperidine rings is 1. The van der Waals surface area contributed by atoms with Gasteiger partial charge >= 0.3 is 5.69 Å². The van der Waals surface area contributed by atoms with Crippen LogP contribution in [0.4, 0.5) is 17.2 Å². The first-order chi connectivity index (χ1) is 29.1. The quantitative estimate of drug-likeness (QED) is 0.0719. The molecule has 11 nitrogen and oxygen atoms in total. The normalized spacial score (nSPS) is 21.9. The van der Waals surface area contributed by atoms with Crippen molar-refractivity contribution in [1.29, 1.82) is 0 Å². The van der Waals surface area contributed by atoms with E-state index in [9.17, 15) is 14.9 Å². The number of hydrogen-bond acceptors (Lipinski definition) is 9. The number of H-pyrrole nitrogens is 1. The van der Waals surface area contributed by atoms with E-state index in [1.807, 2.05) is 30.5 Å². The van der Waals surface area contributed by atoms with Crippen LogP contribution in [0.25, 0.3) is 11.0 Å². The van der Waals surface area contributed by atoms with Crippen LogP contribution in [0.1, 0.15) is 130 Å². The zero-order valence-electron chi connectivity index (χ0n) is 35.0. The minimum absolute atomic E-state index is 0.138. The van der Waals surface area contributed by atoms with E-state index < -0.39 is 4.92 Å². The number of aromatic amines is 1. The number of benzene rings is 2. The Balaban J connectivity index is 0.850. The lowest BCUT2D eigenvalue weighted by Gasteiger charge is -2.56. The summed E-state index contributed by atoms with van der Waals surface area (Å²) >= 11 is 0. The van der Waals surface area contributed by atoms with Crippen molar-refractivity contribution >= 4 is 34.0 Å². The molecule has 0 amide bonds. The summed E-state index contributed by atoms with van der Waals surface area (Å²) in [5, 5.41) is 16.5. The van der Waals surface area contributed by atoms with Gasteiger partial charge in [0.25, 0.3) is 0 Å². The summed E-state index contributed by atoms with van der Waals surface area (Å²) in [7, 11) is 0. The van der Waals surface area contributed by atoms with Gasteiger partial charge < -0.3 is 19.9 Å². The number of rotatable bonds is 12. The lowest BCUT2D eigenvalue weighted by atomic mass is 9.59. The van der Waals surface area contributed by atoms with E-state index in [1.54, 1.807) is 23.4 Å². The highest BCUT2D eigenvalue weighted by atomic mass is 16.6. The molecule has 3 saturated carbocycles. The van der Waals surface area contributed by atoms with Crippen LogP contribution < -0.4 is 15.0 Å². The second-order valence-corrected chi connectivity index (χ2v) is 19.4. The molecule has 10 rings (SSSR count). The molecule has 2 saturated heterocycles. The number of nitrogens with zero attached hydrogens (tertiary/aromatic N) is 5. The highest BCUT2D eigenvalue weighted by Gasteiger charge is 2.50. The number of aromatic nitrogens is 3. The monoisotopic (exact) mass is 807 g/mol. The standard InChI is InChI=1S/C49H57N7O4/c1-48(2)16-13-32(14-17-48)29-51-47-43(56(58)59)25-35(30-52-47)45(57)41-12-11-36(26-44(41)60-38-24-34-15-20-50-46(34)53-31-38)54-22-18-49(19-23-54)27-37(28-49)55-21-5-8-42(55)40-7-4-3-6-39(40)33-9-10-33/h3-4,6-7,11-12,15,20,24-26,30-33,37,42H,5,8-10,13-14,16-19,21-23,27-29H2,1-2H3,(H,50,53)(H,51,52)/t42-/m1/s1. The average Bonchev–Trinajstić information content (AvgIpc) is 3.79. The van der Waals surface area contributed by atoms with Crippen molar-refractivity contribution in [2.45, 2.75) is 109 Å². The second kappa shape index (κ2) is 15.6. The van der Waals surface area contributed by atoms with Crippen molar-refractivity contribution in [1.82, 2.24) is 19.9 Å². The fraction of sp³-hybridized carbons (Fsp3) is 0.490. The molecule has 3 aromatic heterocycles. The van der Waals surface area contributed by atoms with E-state index in [-0.39, 0.29) is 22.9 Å². The van der Waals surface area contributed by atoms with Crippen LogP contribution in [0.15, 0.2) is 79.3 Å². The Morgan fingerprint density at radius 2 is 1.70 bits per heavy atom. The van der Waals surface area contributed by atoms with E-state index in [1.165, 1.54) is 57.3 Å². The van der Waals surface area contributed by atoms with Gasteiger partial charge in [-0.1, -0.05) is 38.1 Å². The minimum Gasteiger partial charge on any atom is -0.455 e. The van der Waals surface area contributed by atoms with Gasteiger partial charge in [-0.05, 0) is 142 Å². The summed E-state index contributed by atoms with van der Waals surface area (Å²) < 4.78 is 6.50. The smallest absolute Gasteiger partial charge is 0.312 e. The molecule has 1 atom stereocenters. The summed E-state index contributed by atoms with van der Waals surface area (Å²) in [5.74, 6) is 1.89. The Hall–Kier alpha value is -5.29. The highest BCUT2D eigenvalue weighted by molar-refractivity contribution is 6.11. The number of nitro groups is 1. The Kier molecular flexibility index (Phi) is 10.1. The van der Waals surface area contributed by atoms with Crippen LogP contribution in [-0.4, -0.2) is 62.8 Å². The van der Waals surface area contributed by atoms with Gasteiger partial charge in [-0.25, -0.2) is 9.97 Å². The number of likely N-dealkylation sites (tertiary alicyclic amines) is 1. The summed E-state index contributed by atoms with van der Waals surface area (Å²) in [6.45, 7) is 8.29. The van der Waals surface area contributed by atoms with Crippen molar-refractivity contribution in [2.24, 2.45) is 16.7 Å². The summed E-state index contributed by atoms with van der Waals surface area (Å²) in [4.78, 5) is 43.5. The van der Waals surface area contributed by atoms with Crippen molar-refractivity contribution in [3.05, 3.63) is 112 Å². The maximum Gasteiger partial charge on any atom is 0.312 e. The zero-order valence-corrected chi connectivity index (χ0v) is 35.0. The molecule has 2 N–H and O–H groups in total. The molecule has 5 heterocycles. The van der Waals surface area contributed by atoms with Gasteiger partial charge in [-0.3, -0.25) is 19.8 Å². The largest absolute Gasteiger partial charge is 0.455 e. The van der Waals surface area contributed by atoms with Crippen LogP contribution in [0, 0.1) is 26.9 Å². The number of ether oxygens (including phenoxy) is 1. The molecule has 2 aliphatic heterocycles. The number of anilines is 2. The molecule has 0 bridgehead atoms. The Bertz CT molecular complexity index is 2400. The summed E-state index contributed by atoms with van der Waals surface area (Å²) in [6, 6.07) is 21.4. The first-order valence-corrected chi connectivity index (χ1v) is 22.4. The van der Waals surface area contributed by atoms with E-state index >= 15 is 0 Å². The number of ketones is 1. The average molecular weight is 808 g/mol. The third-order valence-corrected chi connectivity index (χ3v) is 14.8. The first-order valence-electron chi connectivity index (χ1n) is 22.4. The molecule has 11 heteroatoms. The maximum atomic E-state index is 14.3. The van der Waals surface area contributed by atoms with Crippen LogP contribution in [0.2, 0.25) is 0 Å². The zero-order chi connectivity index (χ0) is 41.0. The number of carbonyl (C=O) groups excluding carboxylic acids is 1. The summed E-state index contributed by atoms with van der Waals surface area (Å²) in [5.41, 5.74) is 5.90. The molecular weight excluding hydrogens is 751 g/mol. The Labute approximate surface area is 352 Å². The number of nitrogens with one attached hydrogen (secondary N) is 2. The maximum absolute atomic E-state index is 14.3. The predicted octanol–water partition coefficient (Wildman–Crippen LogP) is 11.0. The lowest BCUT2D eigenvalue weighted by molar-refractivity contribution is -0.384. The SMILES string of the molecule is CC1(C)CCC(CNc2ncc(C(=O)c3ccc(N4CCC5(CC4)CC(N4CCC[C@@H]4c4ccccc4C4CC4)C5)cc3Oc3cnc4[nH]ccc4c3)cc2[N+](=O)[O-])CC1. The van der Waals surface area contributed by atoms with Gasteiger partial charge in [-0.15, -0.1) is 0 Å². The Morgan fingerprint density at radius 3 is 2.47 bits per heavy atom. The summed E-state index contributed by atoms with van der Waals surface area (Å²) in [6.07, 6.45) is 19.4. The minimum atomic E-state index is -0.459. The van der Waals surface area contributed by atoms with E-state index in [2.05, 4.69) is 68.2 Å². The topological polar surface area (TPSA) is 130 Å². The van der Waals surface area contributed by atoms with E-state index in [0.717, 1.165) is 74.3 Å². The van der Waals surface area contributed by atoms with Gasteiger partial charge in [0.2, 0.25) is 5.82 Å². The predicted molar refractivity (Wildman–Crippen MR) is 235 cm³/mol. The lowest BCUT2D eigenvalue weighted by Crippen LogP contribution is -2.54. The molecule has 0 radical (unpaired) electrons.